The first-order chi connectivity index (χ1) is 19.1. The van der Waals surface area contributed by atoms with Gasteiger partial charge in [0.15, 0.2) is 22.3 Å². The van der Waals surface area contributed by atoms with Crippen LogP contribution in [0.5, 0.6) is 11.5 Å². The van der Waals surface area contributed by atoms with Gasteiger partial charge in [-0.2, -0.15) is 0 Å². The summed E-state index contributed by atoms with van der Waals surface area (Å²) < 4.78 is 15.2. The molecule has 2 aliphatic heterocycles. The van der Waals surface area contributed by atoms with Gasteiger partial charge in [0.1, 0.15) is 6.04 Å². The van der Waals surface area contributed by atoms with Crippen LogP contribution in [0, 0.1) is 0 Å². The molecule has 1 saturated heterocycles. The van der Waals surface area contributed by atoms with Crippen LogP contribution in [0.3, 0.4) is 0 Å². The van der Waals surface area contributed by atoms with Gasteiger partial charge in [0, 0.05) is 22.9 Å². The van der Waals surface area contributed by atoms with E-state index in [1.807, 2.05) is 0 Å². The second kappa shape index (κ2) is 10.3. The molecule has 2 atom stereocenters. The highest BCUT2D eigenvalue weighted by Gasteiger charge is 2.55. The second-order valence-electron chi connectivity index (χ2n) is 8.68. The van der Waals surface area contributed by atoms with Gasteiger partial charge in [-0.3, -0.25) is 19.7 Å². The number of methoxy groups -OCH3 is 1. The Labute approximate surface area is 229 Å². The molecule has 1 aromatic heterocycles. The number of anilines is 1. The summed E-state index contributed by atoms with van der Waals surface area (Å²) in [5, 5.41) is 17.5. The van der Waals surface area contributed by atoms with E-state index >= 15 is 0 Å². The fraction of sp³-hybridized carbons (Fsp3) is 0.200. The third-order valence-electron chi connectivity index (χ3n) is 6.24. The zero-order valence-corrected chi connectivity index (χ0v) is 21.5. The van der Waals surface area contributed by atoms with Crippen LogP contribution in [0.1, 0.15) is 32.0 Å². The number of amides is 5. The maximum Gasteiger partial charge on any atom is 0.357 e. The number of carbonyl (C=O) groups excluding carboxylic acids is 5. The number of nitrogens with two attached hydrogens (primary N) is 1. The normalized spacial score (nSPS) is 18.3. The fourth-order valence-electron chi connectivity index (χ4n) is 4.18. The number of thiazole rings is 1. The van der Waals surface area contributed by atoms with Gasteiger partial charge in [0.25, 0.3) is 5.91 Å². The molecule has 15 heteroatoms. The molecule has 0 radical (unpaired) electrons. The molecule has 2 aliphatic rings. The number of urea groups is 1. The van der Waals surface area contributed by atoms with Crippen molar-refractivity contribution < 1.29 is 43.3 Å². The van der Waals surface area contributed by atoms with Crippen molar-refractivity contribution in [3.8, 4) is 11.5 Å². The number of aromatic nitrogens is 1. The molecule has 14 nitrogen and oxygen atoms in total. The van der Waals surface area contributed by atoms with Gasteiger partial charge in [0.2, 0.25) is 24.3 Å². The molecule has 5 N–H and O–H groups in total. The number of rotatable bonds is 8. The maximum absolute atomic E-state index is 13.6. The number of ether oxygens (including phenoxy) is 3. The number of carbonyl (C=O) groups is 5. The minimum atomic E-state index is -2.51. The summed E-state index contributed by atoms with van der Waals surface area (Å²) in [7, 11) is 1.18. The lowest BCUT2D eigenvalue weighted by Crippen LogP contribution is -2.50. The van der Waals surface area contributed by atoms with Gasteiger partial charge in [-0.15, -0.1) is 11.3 Å². The van der Waals surface area contributed by atoms with E-state index in [1.54, 1.807) is 0 Å². The largest absolute Gasteiger partial charge is 0.464 e. The first-order valence-electron chi connectivity index (χ1n) is 11.6. The molecule has 5 rings (SSSR count). The van der Waals surface area contributed by atoms with Crippen molar-refractivity contribution in [1.82, 2.24) is 15.2 Å². The van der Waals surface area contributed by atoms with Crippen molar-refractivity contribution >= 4 is 46.2 Å². The molecule has 206 valence electrons. The maximum atomic E-state index is 13.6. The number of esters is 1. The first-order valence-corrected chi connectivity index (χ1v) is 12.5. The molecule has 40 heavy (non-hydrogen) atoms. The molecule has 0 saturated carbocycles. The molecule has 5 amide bonds. The van der Waals surface area contributed by atoms with Crippen molar-refractivity contribution in [2.75, 3.05) is 19.2 Å². The molecule has 0 bridgehead atoms. The van der Waals surface area contributed by atoms with Crippen molar-refractivity contribution in [1.29, 1.82) is 0 Å². The van der Waals surface area contributed by atoms with Gasteiger partial charge >= 0.3 is 12.0 Å². The smallest absolute Gasteiger partial charge is 0.357 e. The summed E-state index contributed by atoms with van der Waals surface area (Å²) in [6.45, 7) is -0.0467. The van der Waals surface area contributed by atoms with Crippen molar-refractivity contribution in [2.45, 2.75) is 18.2 Å². The van der Waals surface area contributed by atoms with E-state index in [-0.39, 0.29) is 40.9 Å². The van der Waals surface area contributed by atoms with Gasteiger partial charge in [0.05, 0.1) is 7.11 Å². The molecular weight excluding hydrogens is 546 g/mol. The number of primary amides is 1. The lowest BCUT2D eigenvalue weighted by Gasteiger charge is -2.26. The van der Waals surface area contributed by atoms with Crippen molar-refractivity contribution in [3.05, 3.63) is 70.2 Å². The molecule has 1 fully saturated rings. The molecular formula is C25H21N5O9S. The lowest BCUT2D eigenvalue weighted by molar-refractivity contribution is -0.148. The number of hydrogen-bond acceptors (Lipinski definition) is 11. The first kappa shape index (κ1) is 26.6. The zero-order chi connectivity index (χ0) is 28.6. The molecule has 0 aliphatic carbocycles. The number of benzene rings is 2. The Morgan fingerprint density at radius 1 is 1.20 bits per heavy atom. The quantitative estimate of drug-likeness (QED) is 0.222. The highest BCUT2D eigenvalue weighted by molar-refractivity contribution is 7.14. The SMILES string of the molecule is COC(=O)c1csc(NC(=O)C(Cc2ccc(C(N)=O)cc2)N2C(=O)NC(O)(c3ccc4c(c3)OCO4)C2=O)n1. The Morgan fingerprint density at radius 2 is 1.93 bits per heavy atom. The third kappa shape index (κ3) is 4.78. The predicted octanol–water partition coefficient (Wildman–Crippen LogP) is 0.704. The Morgan fingerprint density at radius 3 is 2.62 bits per heavy atom. The van der Waals surface area contributed by atoms with Gasteiger partial charge in [-0.25, -0.2) is 19.5 Å². The summed E-state index contributed by atoms with van der Waals surface area (Å²) >= 11 is 0.928. The number of fused-ring (bicyclic) bond motifs is 1. The lowest BCUT2D eigenvalue weighted by atomic mass is 9.99. The number of nitrogens with zero attached hydrogens (tertiary/aromatic N) is 2. The highest BCUT2D eigenvalue weighted by Crippen LogP contribution is 2.37. The molecule has 3 heterocycles. The Balaban J connectivity index is 1.47. The van der Waals surface area contributed by atoms with Gasteiger partial charge in [-0.1, -0.05) is 12.1 Å². The van der Waals surface area contributed by atoms with E-state index in [0.29, 0.717) is 16.2 Å². The summed E-state index contributed by atoms with van der Waals surface area (Å²) in [6.07, 6.45) is -0.198. The Kier molecular flexibility index (Phi) is 6.83. The van der Waals surface area contributed by atoms with E-state index in [0.717, 1.165) is 11.3 Å². The number of aliphatic hydroxyl groups is 1. The molecule has 3 aromatic rings. The second-order valence-corrected chi connectivity index (χ2v) is 9.54. The number of imide groups is 1. The Bertz CT molecular complexity index is 1540. The van der Waals surface area contributed by atoms with E-state index in [9.17, 15) is 29.1 Å². The minimum Gasteiger partial charge on any atom is -0.464 e. The number of nitrogens with one attached hydrogen (secondary N) is 2. The van der Waals surface area contributed by atoms with Crippen LogP contribution >= 0.6 is 11.3 Å². The molecule has 0 spiro atoms. The van der Waals surface area contributed by atoms with Crippen LogP contribution in [-0.2, 0) is 26.5 Å². The van der Waals surface area contributed by atoms with Crippen LogP contribution in [-0.4, -0.2) is 64.7 Å². The van der Waals surface area contributed by atoms with Crippen LogP contribution in [0.15, 0.2) is 47.8 Å². The minimum absolute atomic E-state index is 0.00906. The third-order valence-corrected chi connectivity index (χ3v) is 6.99. The number of hydrogen-bond donors (Lipinski definition) is 4. The van der Waals surface area contributed by atoms with Gasteiger partial charge < -0.3 is 30.4 Å². The average Bonchev–Trinajstić information content (AvgIpc) is 3.66. The molecule has 2 aromatic carbocycles. The van der Waals surface area contributed by atoms with E-state index < -0.39 is 41.5 Å². The van der Waals surface area contributed by atoms with Crippen LogP contribution in [0.2, 0.25) is 0 Å². The van der Waals surface area contributed by atoms with E-state index in [1.165, 1.54) is 55.0 Å². The summed E-state index contributed by atoms with van der Waals surface area (Å²) in [4.78, 5) is 68.1. The van der Waals surface area contributed by atoms with Crippen molar-refractivity contribution in [3.63, 3.8) is 0 Å². The van der Waals surface area contributed by atoms with Crippen molar-refractivity contribution in [2.24, 2.45) is 5.73 Å². The standard InChI is InChI=1S/C25H21N5O9S/c1-37-21(33)15-10-40-23(27-15)28-20(32)16(8-12-2-4-13(5-3-12)19(26)31)30-22(34)25(36,29-24(30)35)14-6-7-17-18(9-14)39-11-38-17/h2-7,9-10,16,36H,8,11H2,1H3,(H2,26,31)(H,29,35)(H,27,28,32). The summed E-state index contributed by atoms with van der Waals surface area (Å²) in [6, 6.07) is 7.60. The Hall–Kier alpha value is -5.02. The average molecular weight is 568 g/mol. The molecule has 2 unspecified atom stereocenters. The monoisotopic (exact) mass is 567 g/mol. The van der Waals surface area contributed by atoms with Crippen LogP contribution < -0.4 is 25.8 Å². The predicted molar refractivity (Wildman–Crippen MR) is 136 cm³/mol. The van der Waals surface area contributed by atoms with E-state index in [2.05, 4.69) is 20.4 Å². The fourth-order valence-corrected chi connectivity index (χ4v) is 4.87. The zero-order valence-electron chi connectivity index (χ0n) is 20.7. The summed E-state index contributed by atoms with van der Waals surface area (Å²) in [5.74, 6) is -2.66. The van der Waals surface area contributed by atoms with E-state index in [4.69, 9.17) is 15.2 Å². The summed E-state index contributed by atoms with van der Waals surface area (Å²) in [5.41, 5.74) is 3.42. The van der Waals surface area contributed by atoms with Crippen LogP contribution in [0.4, 0.5) is 9.93 Å². The van der Waals surface area contributed by atoms with Crippen LogP contribution in [0.25, 0.3) is 0 Å². The topological polar surface area (TPSA) is 199 Å². The van der Waals surface area contributed by atoms with Gasteiger partial charge in [-0.05, 0) is 35.9 Å². The highest BCUT2D eigenvalue weighted by atomic mass is 32.1.